The smallest absolute Gasteiger partial charge is 0.338 e. The number of rotatable bonds is 3. The van der Waals surface area contributed by atoms with E-state index in [1.807, 2.05) is 19.9 Å². The summed E-state index contributed by atoms with van der Waals surface area (Å²) < 4.78 is 4.99. The second kappa shape index (κ2) is 5.65. The molecule has 5 heteroatoms. The number of esters is 1. The number of ether oxygens (including phenoxy) is 1. The molecule has 1 aliphatic heterocycles. The van der Waals surface area contributed by atoms with Crippen LogP contribution in [0.5, 0.6) is 0 Å². The summed E-state index contributed by atoms with van der Waals surface area (Å²) in [6, 6.07) is 5.45. The van der Waals surface area contributed by atoms with Crippen LogP contribution >= 0.6 is 11.8 Å². The Morgan fingerprint density at radius 1 is 1.47 bits per heavy atom. The second-order valence-corrected chi connectivity index (χ2v) is 5.57. The number of carbonyl (C=O) groups excluding carboxylic acids is 2. The Morgan fingerprint density at radius 3 is 2.84 bits per heavy atom. The molecule has 1 aromatic carbocycles. The van der Waals surface area contributed by atoms with Gasteiger partial charge in [0.15, 0.2) is 0 Å². The van der Waals surface area contributed by atoms with E-state index < -0.39 is 0 Å². The molecular formula is C14H17NO3S. The molecule has 1 aliphatic rings. The zero-order valence-corrected chi connectivity index (χ0v) is 12.1. The molecule has 4 nitrogen and oxygen atoms in total. The van der Waals surface area contributed by atoms with Crippen molar-refractivity contribution >= 4 is 29.3 Å². The lowest BCUT2D eigenvalue weighted by molar-refractivity contribution is -0.116. The largest absolute Gasteiger partial charge is 0.462 e. The summed E-state index contributed by atoms with van der Waals surface area (Å²) in [7, 11) is 0. The molecule has 0 aromatic heterocycles. The van der Waals surface area contributed by atoms with E-state index in [1.54, 1.807) is 24.0 Å². The molecule has 1 aromatic rings. The molecule has 19 heavy (non-hydrogen) atoms. The number of amides is 1. The summed E-state index contributed by atoms with van der Waals surface area (Å²) in [5.74, 6) is 0.176. The Labute approximate surface area is 117 Å². The van der Waals surface area contributed by atoms with Crippen molar-refractivity contribution in [3.05, 3.63) is 23.8 Å². The van der Waals surface area contributed by atoms with Crippen molar-refractivity contribution in [3.63, 3.8) is 0 Å². The molecule has 0 saturated carbocycles. The average Bonchev–Trinajstić information content (AvgIpc) is 2.37. The highest BCUT2D eigenvalue weighted by Gasteiger charge is 2.27. The van der Waals surface area contributed by atoms with Gasteiger partial charge in [0.05, 0.1) is 23.6 Å². The van der Waals surface area contributed by atoms with Crippen LogP contribution in [0.25, 0.3) is 0 Å². The Kier molecular flexibility index (Phi) is 4.14. The van der Waals surface area contributed by atoms with Gasteiger partial charge >= 0.3 is 5.97 Å². The highest BCUT2D eigenvalue weighted by atomic mass is 32.2. The van der Waals surface area contributed by atoms with Gasteiger partial charge in [0.1, 0.15) is 0 Å². The molecule has 0 unspecified atom stereocenters. The number of hydrogen-bond donors (Lipinski definition) is 0. The van der Waals surface area contributed by atoms with Crippen LogP contribution < -0.4 is 4.90 Å². The molecular weight excluding hydrogens is 262 g/mol. The fraction of sp³-hybridized carbons (Fsp3) is 0.429. The van der Waals surface area contributed by atoms with E-state index >= 15 is 0 Å². The minimum Gasteiger partial charge on any atom is -0.462 e. The summed E-state index contributed by atoms with van der Waals surface area (Å²) in [4.78, 5) is 26.5. The van der Waals surface area contributed by atoms with Crippen molar-refractivity contribution in [1.29, 1.82) is 0 Å². The maximum atomic E-state index is 12.0. The highest BCUT2D eigenvalue weighted by molar-refractivity contribution is 8.00. The zero-order chi connectivity index (χ0) is 14.0. The number of benzene rings is 1. The van der Waals surface area contributed by atoms with Gasteiger partial charge in [0.25, 0.3) is 0 Å². The van der Waals surface area contributed by atoms with Crippen molar-refractivity contribution in [1.82, 2.24) is 0 Å². The summed E-state index contributed by atoms with van der Waals surface area (Å²) >= 11 is 1.51. The van der Waals surface area contributed by atoms with Gasteiger partial charge in [-0.15, -0.1) is 11.8 Å². The normalized spacial score (nSPS) is 14.5. The number of anilines is 1. The van der Waals surface area contributed by atoms with Gasteiger partial charge in [-0.3, -0.25) is 4.79 Å². The molecule has 0 saturated heterocycles. The minimum atomic E-state index is -0.350. The first-order chi connectivity index (χ1) is 9.04. The lowest BCUT2D eigenvalue weighted by atomic mass is 10.1. The van der Waals surface area contributed by atoms with Crippen LogP contribution in [0.4, 0.5) is 5.69 Å². The van der Waals surface area contributed by atoms with E-state index in [0.29, 0.717) is 17.9 Å². The van der Waals surface area contributed by atoms with Crippen molar-refractivity contribution in [2.24, 2.45) is 0 Å². The van der Waals surface area contributed by atoms with Gasteiger partial charge in [0.2, 0.25) is 5.91 Å². The first-order valence-electron chi connectivity index (χ1n) is 6.30. The Hall–Kier alpha value is -1.49. The van der Waals surface area contributed by atoms with E-state index in [4.69, 9.17) is 4.74 Å². The topological polar surface area (TPSA) is 46.6 Å². The quantitative estimate of drug-likeness (QED) is 0.798. The fourth-order valence-electron chi connectivity index (χ4n) is 2.08. The molecule has 0 radical (unpaired) electrons. The maximum Gasteiger partial charge on any atom is 0.338 e. The monoisotopic (exact) mass is 279 g/mol. The molecule has 0 spiro atoms. The molecule has 0 atom stereocenters. The van der Waals surface area contributed by atoms with E-state index in [-0.39, 0.29) is 17.9 Å². The third kappa shape index (κ3) is 2.76. The molecule has 2 rings (SSSR count). The summed E-state index contributed by atoms with van der Waals surface area (Å²) in [6.45, 7) is 6.05. The second-order valence-electron chi connectivity index (χ2n) is 4.55. The summed E-state index contributed by atoms with van der Waals surface area (Å²) in [5.41, 5.74) is 1.29. The first kappa shape index (κ1) is 13.9. The molecule has 0 N–H and O–H groups in total. The number of hydrogen-bond acceptors (Lipinski definition) is 4. The number of nitrogens with zero attached hydrogens (tertiary/aromatic N) is 1. The zero-order valence-electron chi connectivity index (χ0n) is 11.3. The van der Waals surface area contributed by atoms with Gasteiger partial charge in [-0.2, -0.15) is 0 Å². The molecule has 0 aliphatic carbocycles. The minimum absolute atomic E-state index is 0.0737. The van der Waals surface area contributed by atoms with E-state index in [1.165, 1.54) is 11.8 Å². The van der Waals surface area contributed by atoms with Crippen LogP contribution in [0.3, 0.4) is 0 Å². The molecule has 1 heterocycles. The summed E-state index contributed by atoms with van der Waals surface area (Å²) in [5, 5.41) is 0. The lowest BCUT2D eigenvalue weighted by Gasteiger charge is -2.32. The molecule has 102 valence electrons. The SMILES string of the molecule is CCOC(=O)c1ccc2c(c1)N(C(C)C)C(=O)CS2. The molecule has 0 fully saturated rings. The van der Waals surface area contributed by atoms with E-state index in [2.05, 4.69) is 0 Å². The van der Waals surface area contributed by atoms with Gasteiger partial charge < -0.3 is 9.64 Å². The molecule has 1 amide bonds. The predicted molar refractivity (Wildman–Crippen MR) is 75.7 cm³/mol. The molecule has 0 bridgehead atoms. The third-order valence-corrected chi connectivity index (χ3v) is 3.91. The van der Waals surface area contributed by atoms with Crippen molar-refractivity contribution in [2.45, 2.75) is 31.7 Å². The average molecular weight is 279 g/mol. The van der Waals surface area contributed by atoms with E-state index in [0.717, 1.165) is 10.6 Å². The van der Waals surface area contributed by atoms with Gasteiger partial charge in [0, 0.05) is 10.9 Å². The first-order valence-corrected chi connectivity index (χ1v) is 7.29. The Morgan fingerprint density at radius 2 is 2.21 bits per heavy atom. The van der Waals surface area contributed by atoms with Crippen molar-refractivity contribution in [3.8, 4) is 0 Å². The Bertz CT molecular complexity index is 513. The van der Waals surface area contributed by atoms with Crippen LogP contribution in [0.2, 0.25) is 0 Å². The van der Waals surface area contributed by atoms with Crippen molar-refractivity contribution < 1.29 is 14.3 Å². The highest BCUT2D eigenvalue weighted by Crippen LogP contribution is 2.37. The standard InChI is InChI=1S/C14H17NO3S/c1-4-18-14(17)10-5-6-12-11(7-10)15(9(2)3)13(16)8-19-12/h5-7,9H,4,8H2,1-3H3. The van der Waals surface area contributed by atoms with Crippen LogP contribution in [-0.2, 0) is 9.53 Å². The van der Waals surface area contributed by atoms with Crippen molar-refractivity contribution in [2.75, 3.05) is 17.3 Å². The fourth-order valence-corrected chi connectivity index (χ4v) is 2.97. The summed E-state index contributed by atoms with van der Waals surface area (Å²) in [6.07, 6.45) is 0. The van der Waals surface area contributed by atoms with E-state index in [9.17, 15) is 9.59 Å². The maximum absolute atomic E-state index is 12.0. The van der Waals surface area contributed by atoms with Crippen LogP contribution in [0, 0.1) is 0 Å². The van der Waals surface area contributed by atoms with Gasteiger partial charge in [-0.25, -0.2) is 4.79 Å². The third-order valence-electron chi connectivity index (χ3n) is 2.87. The van der Waals surface area contributed by atoms with Gasteiger partial charge in [-0.05, 0) is 39.0 Å². The number of fused-ring (bicyclic) bond motifs is 1. The van der Waals surface area contributed by atoms with Crippen LogP contribution in [0.1, 0.15) is 31.1 Å². The van der Waals surface area contributed by atoms with Crippen LogP contribution in [-0.4, -0.2) is 30.3 Å². The van der Waals surface area contributed by atoms with Crippen LogP contribution in [0.15, 0.2) is 23.1 Å². The Balaban J connectivity index is 2.41. The number of thioether (sulfide) groups is 1. The predicted octanol–water partition coefficient (Wildman–Crippen LogP) is 2.71. The van der Waals surface area contributed by atoms with Gasteiger partial charge in [-0.1, -0.05) is 0 Å². The number of carbonyl (C=O) groups is 2. The lowest BCUT2D eigenvalue weighted by Crippen LogP contribution is -2.40.